The molecule has 134 valence electrons. The van der Waals surface area contributed by atoms with Gasteiger partial charge in [-0.15, -0.1) is 0 Å². The van der Waals surface area contributed by atoms with Crippen molar-refractivity contribution in [1.29, 1.82) is 0 Å². The largest absolute Gasteiger partial charge is 0.444 e. The summed E-state index contributed by atoms with van der Waals surface area (Å²) in [5.74, 6) is 0. The number of nitrogens with one attached hydrogen (secondary N) is 1. The van der Waals surface area contributed by atoms with Crippen molar-refractivity contribution in [2.24, 2.45) is 5.41 Å². The van der Waals surface area contributed by atoms with Gasteiger partial charge in [0.2, 0.25) is 0 Å². The fourth-order valence-corrected chi connectivity index (χ4v) is 3.53. The van der Waals surface area contributed by atoms with Gasteiger partial charge in [0, 0.05) is 18.6 Å². The highest BCUT2D eigenvalue weighted by Gasteiger charge is 2.35. The Labute approximate surface area is 142 Å². The molecule has 1 unspecified atom stereocenters. The van der Waals surface area contributed by atoms with Crippen molar-refractivity contribution in [2.45, 2.75) is 97.2 Å². The van der Waals surface area contributed by atoms with Crippen LogP contribution in [0.15, 0.2) is 0 Å². The molecule has 4 heteroatoms. The van der Waals surface area contributed by atoms with Crippen LogP contribution < -0.4 is 5.32 Å². The summed E-state index contributed by atoms with van der Waals surface area (Å²) in [4.78, 5) is 14.3. The first kappa shape index (κ1) is 18.6. The fourth-order valence-electron chi connectivity index (χ4n) is 3.53. The smallest absolute Gasteiger partial charge is 0.410 e. The van der Waals surface area contributed by atoms with E-state index in [1.807, 2.05) is 25.7 Å². The molecule has 2 saturated carbocycles. The number of amides is 1. The van der Waals surface area contributed by atoms with Crippen LogP contribution in [-0.2, 0) is 4.74 Å². The zero-order valence-electron chi connectivity index (χ0n) is 15.8. The second kappa shape index (κ2) is 7.42. The third-order valence-electron chi connectivity index (χ3n) is 5.09. The van der Waals surface area contributed by atoms with Crippen LogP contribution in [-0.4, -0.2) is 41.8 Å². The molecule has 4 nitrogen and oxygen atoms in total. The Balaban J connectivity index is 1.73. The first-order valence-electron chi connectivity index (χ1n) is 9.42. The van der Waals surface area contributed by atoms with E-state index in [-0.39, 0.29) is 6.09 Å². The standard InChI is InChI=1S/C19H36N2O2/c1-18(2,3)23-17(22)21(15-10-11-15)14-8-13-20-16-9-6-7-12-19(16,4)5/h15-16,20H,6-14H2,1-5H3. The maximum atomic E-state index is 12.3. The van der Waals surface area contributed by atoms with Crippen molar-refractivity contribution >= 4 is 6.09 Å². The van der Waals surface area contributed by atoms with Gasteiger partial charge in [-0.2, -0.15) is 0 Å². The Morgan fingerprint density at radius 3 is 2.48 bits per heavy atom. The summed E-state index contributed by atoms with van der Waals surface area (Å²) in [5.41, 5.74) is -0.00576. The Kier molecular flexibility index (Phi) is 5.99. The minimum Gasteiger partial charge on any atom is -0.444 e. The number of rotatable bonds is 6. The highest BCUT2D eigenvalue weighted by atomic mass is 16.6. The lowest BCUT2D eigenvalue weighted by atomic mass is 9.73. The molecule has 0 saturated heterocycles. The molecule has 0 spiro atoms. The van der Waals surface area contributed by atoms with Crippen LogP contribution in [0.4, 0.5) is 4.79 Å². The molecule has 1 atom stereocenters. The molecule has 0 bridgehead atoms. The summed E-state index contributed by atoms with van der Waals surface area (Å²) < 4.78 is 5.55. The van der Waals surface area contributed by atoms with E-state index in [1.165, 1.54) is 25.7 Å². The predicted octanol–water partition coefficient (Wildman–Crippen LogP) is 4.33. The molecule has 2 fully saturated rings. The lowest BCUT2D eigenvalue weighted by molar-refractivity contribution is 0.0230. The molecule has 0 radical (unpaired) electrons. The van der Waals surface area contributed by atoms with Gasteiger partial charge in [0.05, 0.1) is 0 Å². The number of nitrogens with zero attached hydrogens (tertiary/aromatic N) is 1. The van der Waals surface area contributed by atoms with Crippen molar-refractivity contribution in [1.82, 2.24) is 10.2 Å². The average Bonchev–Trinajstić information content (AvgIpc) is 3.22. The van der Waals surface area contributed by atoms with E-state index in [2.05, 4.69) is 19.2 Å². The summed E-state index contributed by atoms with van der Waals surface area (Å²) in [6, 6.07) is 1.03. The molecular formula is C19H36N2O2. The van der Waals surface area contributed by atoms with Gasteiger partial charge in [0.15, 0.2) is 0 Å². The predicted molar refractivity (Wildman–Crippen MR) is 94.6 cm³/mol. The number of hydrogen-bond donors (Lipinski definition) is 1. The summed E-state index contributed by atoms with van der Waals surface area (Å²) in [6.45, 7) is 12.3. The number of carbonyl (C=O) groups is 1. The SMILES string of the molecule is CC(C)(C)OC(=O)N(CCCNC1CCCCC1(C)C)C1CC1. The van der Waals surface area contributed by atoms with E-state index in [9.17, 15) is 4.79 Å². The quantitative estimate of drug-likeness (QED) is 0.739. The van der Waals surface area contributed by atoms with Crippen LogP contribution in [0.25, 0.3) is 0 Å². The van der Waals surface area contributed by atoms with Crippen LogP contribution in [0.2, 0.25) is 0 Å². The monoisotopic (exact) mass is 324 g/mol. The van der Waals surface area contributed by atoms with Crippen molar-refractivity contribution in [3.05, 3.63) is 0 Å². The summed E-state index contributed by atoms with van der Waals surface area (Å²) in [6.07, 6.45) is 8.42. The summed E-state index contributed by atoms with van der Waals surface area (Å²) in [5, 5.41) is 3.73. The molecule has 0 aromatic rings. The van der Waals surface area contributed by atoms with E-state index < -0.39 is 5.60 Å². The fraction of sp³-hybridized carbons (Fsp3) is 0.947. The minimum absolute atomic E-state index is 0.141. The Morgan fingerprint density at radius 1 is 1.22 bits per heavy atom. The number of ether oxygens (including phenoxy) is 1. The molecule has 2 rings (SSSR count). The van der Waals surface area contributed by atoms with Crippen molar-refractivity contribution in [2.75, 3.05) is 13.1 Å². The van der Waals surface area contributed by atoms with E-state index in [0.717, 1.165) is 32.4 Å². The Hall–Kier alpha value is -0.770. The number of hydrogen-bond acceptors (Lipinski definition) is 3. The van der Waals surface area contributed by atoms with Gasteiger partial charge in [-0.05, 0) is 64.8 Å². The lowest BCUT2D eigenvalue weighted by Gasteiger charge is -2.39. The second-order valence-corrected chi connectivity index (χ2v) is 9.00. The van der Waals surface area contributed by atoms with Crippen molar-refractivity contribution in [3.63, 3.8) is 0 Å². The van der Waals surface area contributed by atoms with E-state index in [1.54, 1.807) is 0 Å². The van der Waals surface area contributed by atoms with Gasteiger partial charge < -0.3 is 15.0 Å². The van der Waals surface area contributed by atoms with Gasteiger partial charge >= 0.3 is 6.09 Å². The van der Waals surface area contributed by atoms with Crippen molar-refractivity contribution < 1.29 is 9.53 Å². The molecule has 1 N–H and O–H groups in total. The van der Waals surface area contributed by atoms with E-state index >= 15 is 0 Å². The Morgan fingerprint density at radius 2 is 1.91 bits per heavy atom. The van der Waals surface area contributed by atoms with Crippen LogP contribution in [0, 0.1) is 5.41 Å². The van der Waals surface area contributed by atoms with Crippen LogP contribution in [0.1, 0.15) is 79.6 Å². The summed E-state index contributed by atoms with van der Waals surface area (Å²) >= 11 is 0. The molecule has 0 aromatic carbocycles. The van der Waals surface area contributed by atoms with Crippen LogP contribution in [0.5, 0.6) is 0 Å². The minimum atomic E-state index is -0.408. The maximum Gasteiger partial charge on any atom is 0.410 e. The first-order chi connectivity index (χ1) is 10.7. The highest BCUT2D eigenvalue weighted by molar-refractivity contribution is 5.69. The highest BCUT2D eigenvalue weighted by Crippen LogP contribution is 2.35. The van der Waals surface area contributed by atoms with E-state index in [0.29, 0.717) is 17.5 Å². The zero-order valence-corrected chi connectivity index (χ0v) is 15.8. The topological polar surface area (TPSA) is 41.6 Å². The normalized spacial score (nSPS) is 24.3. The molecule has 0 aliphatic heterocycles. The van der Waals surface area contributed by atoms with Gasteiger partial charge in [-0.25, -0.2) is 4.79 Å². The number of carbonyl (C=O) groups excluding carboxylic acids is 1. The zero-order chi connectivity index (χ0) is 17.1. The van der Waals surface area contributed by atoms with Crippen LogP contribution in [0.3, 0.4) is 0 Å². The first-order valence-corrected chi connectivity index (χ1v) is 9.42. The van der Waals surface area contributed by atoms with E-state index in [4.69, 9.17) is 4.74 Å². The van der Waals surface area contributed by atoms with Gasteiger partial charge in [-0.1, -0.05) is 26.7 Å². The third kappa shape index (κ3) is 5.98. The molecule has 0 aromatic heterocycles. The molecule has 2 aliphatic carbocycles. The van der Waals surface area contributed by atoms with Gasteiger partial charge in [0.25, 0.3) is 0 Å². The Bertz CT molecular complexity index is 397. The molecule has 23 heavy (non-hydrogen) atoms. The summed E-state index contributed by atoms with van der Waals surface area (Å²) in [7, 11) is 0. The second-order valence-electron chi connectivity index (χ2n) is 9.00. The van der Waals surface area contributed by atoms with Crippen molar-refractivity contribution in [3.8, 4) is 0 Å². The van der Waals surface area contributed by atoms with Crippen LogP contribution >= 0.6 is 0 Å². The lowest BCUT2D eigenvalue weighted by Crippen LogP contribution is -2.45. The molecule has 2 aliphatic rings. The maximum absolute atomic E-state index is 12.3. The van der Waals surface area contributed by atoms with Gasteiger partial charge in [-0.3, -0.25) is 0 Å². The van der Waals surface area contributed by atoms with Gasteiger partial charge in [0.1, 0.15) is 5.60 Å². The average molecular weight is 325 g/mol. The molecule has 0 heterocycles. The molecular weight excluding hydrogens is 288 g/mol. The third-order valence-corrected chi connectivity index (χ3v) is 5.09. The molecule has 1 amide bonds.